The van der Waals surface area contributed by atoms with Crippen LogP contribution in [0.3, 0.4) is 0 Å². The van der Waals surface area contributed by atoms with E-state index in [1.54, 1.807) is 7.11 Å². The Labute approximate surface area is 219 Å². The molecule has 37 heavy (non-hydrogen) atoms. The van der Waals surface area contributed by atoms with Gasteiger partial charge in [0.05, 0.1) is 19.3 Å². The van der Waals surface area contributed by atoms with E-state index in [0.717, 1.165) is 33.3 Å². The lowest BCUT2D eigenvalue weighted by atomic mass is 10.0. The molecule has 192 valence electrons. The fourth-order valence-electron chi connectivity index (χ4n) is 4.09. The lowest BCUT2D eigenvalue weighted by molar-refractivity contribution is -0.152. The highest BCUT2D eigenvalue weighted by atomic mass is 32.1. The molecule has 0 aliphatic carbocycles. The molecule has 1 heterocycles. The monoisotopic (exact) mass is 519 g/mol. The molecule has 4 aromatic rings. The molecule has 3 aromatic carbocycles. The Hall–Kier alpha value is -3.79. The first-order valence-corrected chi connectivity index (χ1v) is 12.7. The number of nitrogens with one attached hydrogen (secondary N) is 1. The third kappa shape index (κ3) is 6.32. The van der Waals surface area contributed by atoms with E-state index in [9.17, 15) is 19.8 Å². The van der Waals surface area contributed by atoms with E-state index < -0.39 is 24.0 Å². The zero-order valence-electron chi connectivity index (χ0n) is 20.6. The molecule has 4 rings (SSSR count). The first-order valence-electron chi connectivity index (χ1n) is 11.8. The van der Waals surface area contributed by atoms with Crippen LogP contribution in [0.15, 0.2) is 72.1 Å². The van der Waals surface area contributed by atoms with Gasteiger partial charge in [-0.2, -0.15) is 0 Å². The van der Waals surface area contributed by atoms with Crippen molar-refractivity contribution in [2.75, 3.05) is 14.2 Å². The molecule has 1 aromatic heterocycles. The molecule has 2 amide bonds. The van der Waals surface area contributed by atoms with Crippen molar-refractivity contribution in [2.45, 2.75) is 31.7 Å². The summed E-state index contributed by atoms with van der Waals surface area (Å²) < 4.78 is 5.38. The predicted octanol–water partition coefficient (Wildman–Crippen LogP) is 2.89. The Kier molecular flexibility index (Phi) is 8.50. The van der Waals surface area contributed by atoms with Crippen molar-refractivity contribution >= 4 is 33.9 Å². The number of para-hydroxylation sites is 1. The topological polar surface area (TPSA) is 112 Å². The van der Waals surface area contributed by atoms with Crippen molar-refractivity contribution in [3.05, 3.63) is 93.9 Å². The molecule has 8 nitrogen and oxygen atoms in total. The van der Waals surface area contributed by atoms with Crippen molar-refractivity contribution in [2.24, 2.45) is 0 Å². The quantitative estimate of drug-likeness (QED) is 0.297. The Bertz CT molecular complexity index is 1380. The summed E-state index contributed by atoms with van der Waals surface area (Å²) in [6.07, 6.45) is -3.22. The normalized spacial score (nSPS) is 12.6. The van der Waals surface area contributed by atoms with Crippen LogP contribution in [0.1, 0.15) is 21.8 Å². The zero-order valence-corrected chi connectivity index (χ0v) is 21.4. The number of aliphatic hydroxyl groups excluding tert-OH is 2. The van der Waals surface area contributed by atoms with Gasteiger partial charge in [-0.1, -0.05) is 60.7 Å². The molecule has 0 aliphatic heterocycles. The van der Waals surface area contributed by atoms with Crippen molar-refractivity contribution in [1.29, 1.82) is 0 Å². The van der Waals surface area contributed by atoms with Gasteiger partial charge in [-0.05, 0) is 22.4 Å². The van der Waals surface area contributed by atoms with E-state index in [4.69, 9.17) is 4.74 Å². The largest absolute Gasteiger partial charge is 0.496 e. The second-order valence-electron chi connectivity index (χ2n) is 8.66. The maximum absolute atomic E-state index is 12.7. The van der Waals surface area contributed by atoms with Crippen LogP contribution in [0.25, 0.3) is 10.8 Å². The van der Waals surface area contributed by atoms with Crippen LogP contribution in [0.5, 0.6) is 5.75 Å². The number of aliphatic hydroxyl groups is 2. The van der Waals surface area contributed by atoms with Gasteiger partial charge in [-0.25, -0.2) is 4.98 Å². The third-order valence-corrected chi connectivity index (χ3v) is 6.96. The van der Waals surface area contributed by atoms with Crippen LogP contribution in [0.4, 0.5) is 0 Å². The summed E-state index contributed by atoms with van der Waals surface area (Å²) in [5.74, 6) is -0.817. The van der Waals surface area contributed by atoms with E-state index in [-0.39, 0.29) is 13.1 Å². The highest BCUT2D eigenvalue weighted by Gasteiger charge is 2.32. The molecule has 0 unspecified atom stereocenters. The van der Waals surface area contributed by atoms with Crippen LogP contribution >= 0.6 is 11.3 Å². The first-order chi connectivity index (χ1) is 17.9. The minimum atomic E-state index is -1.91. The SMILES string of the molecule is COc1ccccc1Cc1csc(CNC(=O)[C@H](O)[C@@H](O)C(=O)N(C)Cc2cccc3ccccc23)n1. The van der Waals surface area contributed by atoms with Gasteiger partial charge in [-0.15, -0.1) is 11.3 Å². The number of benzene rings is 3. The van der Waals surface area contributed by atoms with Gasteiger partial charge in [0.25, 0.3) is 11.8 Å². The molecule has 0 saturated heterocycles. The van der Waals surface area contributed by atoms with Gasteiger partial charge in [0.1, 0.15) is 10.8 Å². The number of hydrogen-bond acceptors (Lipinski definition) is 7. The number of carbonyl (C=O) groups is 2. The standard InChI is InChI=1S/C28H29N3O5S/c1-31(16-20-11-7-10-18-8-3-5-12-22(18)20)28(35)26(33)25(32)27(34)29-15-24-30-21(17-37-24)14-19-9-4-6-13-23(19)36-2/h3-13,17,25-26,32-33H,14-16H2,1-2H3,(H,29,34)/t25-,26-/m1/s1. The Morgan fingerprint density at radius 1 is 1.00 bits per heavy atom. The maximum atomic E-state index is 12.7. The van der Waals surface area contributed by atoms with Gasteiger partial charge < -0.3 is 25.2 Å². The van der Waals surface area contributed by atoms with Gasteiger partial charge in [0.15, 0.2) is 12.2 Å². The molecular weight excluding hydrogens is 490 g/mol. The van der Waals surface area contributed by atoms with Crippen LogP contribution in [-0.4, -0.2) is 58.3 Å². The summed E-state index contributed by atoms with van der Waals surface area (Å²) >= 11 is 1.37. The van der Waals surface area contributed by atoms with Crippen LogP contribution in [0, 0.1) is 0 Å². The molecular formula is C28H29N3O5S. The minimum absolute atomic E-state index is 0.0687. The Morgan fingerprint density at radius 3 is 2.51 bits per heavy atom. The van der Waals surface area contributed by atoms with Gasteiger partial charge >= 0.3 is 0 Å². The number of methoxy groups -OCH3 is 1. The van der Waals surface area contributed by atoms with Crippen LogP contribution in [-0.2, 0) is 29.1 Å². The second-order valence-corrected chi connectivity index (χ2v) is 9.60. The molecule has 0 aliphatic rings. The summed E-state index contributed by atoms with van der Waals surface area (Å²) in [6.45, 7) is 0.291. The lowest BCUT2D eigenvalue weighted by Crippen LogP contribution is -2.49. The fourth-order valence-corrected chi connectivity index (χ4v) is 4.82. The van der Waals surface area contributed by atoms with Crippen molar-refractivity contribution < 1.29 is 24.5 Å². The summed E-state index contributed by atoms with van der Waals surface area (Å²) in [4.78, 5) is 31.0. The molecule has 2 atom stereocenters. The summed E-state index contributed by atoms with van der Waals surface area (Å²) in [7, 11) is 3.14. The number of thiazole rings is 1. The number of likely N-dealkylation sites (N-methyl/N-ethyl adjacent to an activating group) is 1. The highest BCUT2D eigenvalue weighted by Crippen LogP contribution is 2.22. The number of carbonyl (C=O) groups excluding carboxylic acids is 2. The lowest BCUT2D eigenvalue weighted by Gasteiger charge is -2.24. The number of ether oxygens (including phenoxy) is 1. The smallest absolute Gasteiger partial charge is 0.254 e. The average molecular weight is 520 g/mol. The number of fused-ring (bicyclic) bond motifs is 1. The summed E-state index contributed by atoms with van der Waals surface area (Å²) in [5.41, 5.74) is 2.72. The van der Waals surface area contributed by atoms with Crippen molar-refractivity contribution in [3.8, 4) is 5.75 Å². The Morgan fingerprint density at radius 2 is 1.70 bits per heavy atom. The third-order valence-electron chi connectivity index (χ3n) is 6.06. The van der Waals surface area contributed by atoms with E-state index in [2.05, 4.69) is 10.3 Å². The first kappa shape index (κ1) is 26.3. The number of hydrogen-bond donors (Lipinski definition) is 3. The maximum Gasteiger partial charge on any atom is 0.254 e. The highest BCUT2D eigenvalue weighted by molar-refractivity contribution is 7.09. The van der Waals surface area contributed by atoms with E-state index >= 15 is 0 Å². The van der Waals surface area contributed by atoms with Crippen LogP contribution < -0.4 is 10.1 Å². The molecule has 0 saturated carbocycles. The molecule has 0 radical (unpaired) electrons. The van der Waals surface area contributed by atoms with Crippen molar-refractivity contribution in [1.82, 2.24) is 15.2 Å². The molecule has 0 fully saturated rings. The van der Waals surface area contributed by atoms with E-state index in [1.807, 2.05) is 72.1 Å². The van der Waals surface area contributed by atoms with Gasteiger partial charge in [0, 0.05) is 31.0 Å². The minimum Gasteiger partial charge on any atom is -0.496 e. The molecule has 9 heteroatoms. The fraction of sp³-hybridized carbons (Fsp3) is 0.250. The number of rotatable bonds is 10. The van der Waals surface area contributed by atoms with Gasteiger partial charge in [-0.3, -0.25) is 9.59 Å². The van der Waals surface area contributed by atoms with E-state index in [0.29, 0.717) is 11.4 Å². The number of nitrogens with zero attached hydrogens (tertiary/aromatic N) is 2. The molecule has 3 N–H and O–H groups in total. The number of amides is 2. The van der Waals surface area contributed by atoms with E-state index in [1.165, 1.54) is 23.3 Å². The van der Waals surface area contributed by atoms with Gasteiger partial charge in [0.2, 0.25) is 0 Å². The molecule has 0 bridgehead atoms. The van der Waals surface area contributed by atoms with Crippen molar-refractivity contribution in [3.63, 3.8) is 0 Å². The van der Waals surface area contributed by atoms with Crippen LogP contribution in [0.2, 0.25) is 0 Å². The summed E-state index contributed by atoms with van der Waals surface area (Å²) in [5, 5.41) is 27.9. The Balaban J connectivity index is 1.31. The molecule has 0 spiro atoms. The second kappa shape index (κ2) is 12.0. The summed E-state index contributed by atoms with van der Waals surface area (Å²) in [6, 6.07) is 21.3. The average Bonchev–Trinajstić information content (AvgIpc) is 3.38. The number of aromatic nitrogens is 1. The predicted molar refractivity (Wildman–Crippen MR) is 142 cm³/mol. The zero-order chi connectivity index (χ0) is 26.4.